The minimum atomic E-state index is -0.0280. The van der Waals surface area contributed by atoms with Gasteiger partial charge in [0.2, 0.25) is 11.8 Å². The second-order valence-corrected chi connectivity index (χ2v) is 7.30. The maximum atomic E-state index is 12.6. The van der Waals surface area contributed by atoms with Crippen molar-refractivity contribution in [2.75, 3.05) is 46.6 Å². The average Bonchev–Trinajstić information content (AvgIpc) is 2.77. The molecule has 0 radical (unpaired) electrons. The molecule has 2 aliphatic heterocycles. The number of methoxy groups -OCH3 is 1. The van der Waals surface area contributed by atoms with Crippen molar-refractivity contribution < 1.29 is 23.8 Å². The summed E-state index contributed by atoms with van der Waals surface area (Å²) in [4.78, 5) is 26.9. The summed E-state index contributed by atoms with van der Waals surface area (Å²) in [7, 11) is 1.62. The lowest BCUT2D eigenvalue weighted by Gasteiger charge is -2.34. The van der Waals surface area contributed by atoms with E-state index in [0.717, 1.165) is 37.2 Å². The Kier molecular flexibility index (Phi) is 7.54. The summed E-state index contributed by atoms with van der Waals surface area (Å²) in [6.45, 7) is 3.56. The molecule has 0 aliphatic carbocycles. The van der Waals surface area contributed by atoms with Crippen LogP contribution in [0.15, 0.2) is 24.3 Å². The summed E-state index contributed by atoms with van der Waals surface area (Å²) in [5, 5.41) is 2.94. The van der Waals surface area contributed by atoms with Crippen molar-refractivity contribution in [2.45, 2.75) is 25.7 Å². The Balaban J connectivity index is 1.32. The van der Waals surface area contributed by atoms with Crippen LogP contribution in [0.25, 0.3) is 0 Å². The predicted octanol–water partition coefficient (Wildman–Crippen LogP) is 1.86. The van der Waals surface area contributed by atoms with Gasteiger partial charge in [0.25, 0.3) is 0 Å². The maximum Gasteiger partial charge on any atom is 0.225 e. The Labute approximate surface area is 166 Å². The fourth-order valence-electron chi connectivity index (χ4n) is 3.72. The van der Waals surface area contributed by atoms with E-state index >= 15 is 0 Å². The zero-order valence-electron chi connectivity index (χ0n) is 16.5. The summed E-state index contributed by atoms with van der Waals surface area (Å²) < 4.78 is 16.1. The minimum absolute atomic E-state index is 0.0280. The second kappa shape index (κ2) is 10.3. The molecule has 28 heavy (non-hydrogen) atoms. The highest BCUT2D eigenvalue weighted by atomic mass is 16.5. The van der Waals surface area contributed by atoms with Crippen molar-refractivity contribution in [1.29, 1.82) is 0 Å². The van der Waals surface area contributed by atoms with Gasteiger partial charge in [0.1, 0.15) is 18.1 Å². The van der Waals surface area contributed by atoms with Crippen LogP contribution in [0, 0.1) is 11.8 Å². The average molecular weight is 390 g/mol. The van der Waals surface area contributed by atoms with E-state index in [9.17, 15) is 9.59 Å². The molecular weight excluding hydrogens is 360 g/mol. The van der Waals surface area contributed by atoms with Crippen LogP contribution in [0.3, 0.4) is 0 Å². The van der Waals surface area contributed by atoms with E-state index in [1.54, 1.807) is 7.11 Å². The summed E-state index contributed by atoms with van der Waals surface area (Å²) in [6, 6.07) is 7.35. The van der Waals surface area contributed by atoms with Gasteiger partial charge < -0.3 is 24.4 Å². The molecule has 0 saturated carbocycles. The summed E-state index contributed by atoms with van der Waals surface area (Å²) in [5.74, 6) is 1.87. The van der Waals surface area contributed by atoms with Crippen molar-refractivity contribution in [3.63, 3.8) is 0 Å². The van der Waals surface area contributed by atoms with E-state index in [0.29, 0.717) is 39.5 Å². The van der Waals surface area contributed by atoms with Gasteiger partial charge >= 0.3 is 0 Å². The number of carbonyl (C=O) groups excluding carboxylic acids is 2. The van der Waals surface area contributed by atoms with Gasteiger partial charge in [-0.2, -0.15) is 0 Å². The van der Waals surface area contributed by atoms with Crippen LogP contribution >= 0.6 is 0 Å². The fourth-order valence-corrected chi connectivity index (χ4v) is 3.72. The van der Waals surface area contributed by atoms with Crippen LogP contribution < -0.4 is 14.8 Å². The third-order valence-electron chi connectivity index (χ3n) is 5.48. The molecule has 0 unspecified atom stereocenters. The number of piperidine rings is 1. The molecule has 0 aromatic heterocycles. The topological polar surface area (TPSA) is 77.1 Å². The molecule has 3 rings (SSSR count). The predicted molar refractivity (Wildman–Crippen MR) is 104 cm³/mol. The fraction of sp³-hybridized carbons (Fsp3) is 0.619. The molecule has 2 saturated heterocycles. The zero-order chi connectivity index (χ0) is 19.8. The van der Waals surface area contributed by atoms with Crippen LogP contribution in [0.2, 0.25) is 0 Å². The number of carbonyl (C=O) groups is 2. The van der Waals surface area contributed by atoms with Crippen molar-refractivity contribution >= 4 is 11.8 Å². The number of ether oxygens (including phenoxy) is 3. The Morgan fingerprint density at radius 2 is 1.68 bits per heavy atom. The van der Waals surface area contributed by atoms with Crippen LogP contribution in [0.5, 0.6) is 11.5 Å². The zero-order valence-corrected chi connectivity index (χ0v) is 16.5. The van der Waals surface area contributed by atoms with Crippen LogP contribution in [0.1, 0.15) is 25.7 Å². The Morgan fingerprint density at radius 3 is 2.32 bits per heavy atom. The first kappa shape index (κ1) is 20.5. The third kappa shape index (κ3) is 5.61. The highest BCUT2D eigenvalue weighted by Gasteiger charge is 2.31. The van der Waals surface area contributed by atoms with E-state index in [1.807, 2.05) is 29.2 Å². The lowest BCUT2D eigenvalue weighted by molar-refractivity contribution is -0.141. The number of nitrogens with zero attached hydrogens (tertiary/aromatic N) is 1. The van der Waals surface area contributed by atoms with Crippen molar-refractivity contribution in [2.24, 2.45) is 11.8 Å². The molecule has 1 aromatic rings. The van der Waals surface area contributed by atoms with E-state index in [1.165, 1.54) is 0 Å². The van der Waals surface area contributed by atoms with Gasteiger partial charge in [0, 0.05) is 38.1 Å². The van der Waals surface area contributed by atoms with Gasteiger partial charge in [-0.25, -0.2) is 0 Å². The van der Waals surface area contributed by atoms with E-state index in [2.05, 4.69) is 5.32 Å². The summed E-state index contributed by atoms with van der Waals surface area (Å²) >= 11 is 0. The number of hydrogen-bond acceptors (Lipinski definition) is 5. The minimum Gasteiger partial charge on any atom is -0.497 e. The number of benzene rings is 1. The molecule has 7 nitrogen and oxygen atoms in total. The van der Waals surface area contributed by atoms with Gasteiger partial charge in [-0.05, 0) is 49.9 Å². The van der Waals surface area contributed by atoms with Gasteiger partial charge in [-0.15, -0.1) is 0 Å². The summed E-state index contributed by atoms with van der Waals surface area (Å²) in [5.41, 5.74) is 0. The smallest absolute Gasteiger partial charge is 0.225 e. The van der Waals surface area contributed by atoms with Crippen molar-refractivity contribution in [3.05, 3.63) is 24.3 Å². The van der Waals surface area contributed by atoms with E-state index in [4.69, 9.17) is 14.2 Å². The lowest BCUT2D eigenvalue weighted by Crippen LogP contribution is -2.46. The monoisotopic (exact) mass is 390 g/mol. The number of rotatable bonds is 7. The maximum absolute atomic E-state index is 12.6. The molecule has 2 fully saturated rings. The molecule has 1 aromatic carbocycles. The highest BCUT2D eigenvalue weighted by molar-refractivity contribution is 5.81. The Bertz CT molecular complexity index is 635. The van der Waals surface area contributed by atoms with Crippen LogP contribution in [0.4, 0.5) is 0 Å². The third-order valence-corrected chi connectivity index (χ3v) is 5.48. The first-order valence-corrected chi connectivity index (χ1v) is 10.1. The summed E-state index contributed by atoms with van der Waals surface area (Å²) in [6.07, 6.45) is 3.07. The highest BCUT2D eigenvalue weighted by Crippen LogP contribution is 2.23. The molecule has 2 aliphatic rings. The normalized spacial score (nSPS) is 18.5. The molecule has 0 spiro atoms. The molecule has 154 valence electrons. The molecule has 2 amide bonds. The van der Waals surface area contributed by atoms with Crippen LogP contribution in [-0.2, 0) is 14.3 Å². The number of amides is 2. The lowest BCUT2D eigenvalue weighted by atomic mass is 9.93. The number of hydrogen-bond donors (Lipinski definition) is 1. The molecule has 1 N–H and O–H groups in total. The first-order valence-electron chi connectivity index (χ1n) is 10.1. The SMILES string of the molecule is COc1ccc(OCCNC(=O)C2CCN(C(=O)C3CCOCC3)CC2)cc1. The van der Waals surface area contributed by atoms with Crippen LogP contribution in [-0.4, -0.2) is 63.3 Å². The quantitative estimate of drug-likeness (QED) is 0.719. The molecule has 0 bridgehead atoms. The molecular formula is C21H30N2O5. The van der Waals surface area contributed by atoms with Gasteiger partial charge in [-0.1, -0.05) is 0 Å². The largest absolute Gasteiger partial charge is 0.497 e. The second-order valence-electron chi connectivity index (χ2n) is 7.30. The van der Waals surface area contributed by atoms with Gasteiger partial charge in [-0.3, -0.25) is 9.59 Å². The Morgan fingerprint density at radius 1 is 1.04 bits per heavy atom. The van der Waals surface area contributed by atoms with Crippen molar-refractivity contribution in [3.8, 4) is 11.5 Å². The number of nitrogens with one attached hydrogen (secondary N) is 1. The number of likely N-dealkylation sites (tertiary alicyclic amines) is 1. The van der Waals surface area contributed by atoms with E-state index < -0.39 is 0 Å². The first-order chi connectivity index (χ1) is 13.7. The Hall–Kier alpha value is -2.28. The van der Waals surface area contributed by atoms with Gasteiger partial charge in [0.15, 0.2) is 0 Å². The van der Waals surface area contributed by atoms with E-state index in [-0.39, 0.29) is 23.7 Å². The molecule has 0 atom stereocenters. The van der Waals surface area contributed by atoms with Gasteiger partial charge in [0.05, 0.1) is 13.7 Å². The molecule has 2 heterocycles. The standard InChI is InChI=1S/C21H30N2O5/c1-26-18-2-4-19(5-3-18)28-15-10-22-20(24)16-6-11-23(12-7-16)21(25)17-8-13-27-14-9-17/h2-5,16-17H,6-15H2,1H3,(H,22,24). The molecule has 7 heteroatoms. The van der Waals surface area contributed by atoms with Crippen molar-refractivity contribution in [1.82, 2.24) is 10.2 Å².